The average Bonchev–Trinajstić information content (AvgIpc) is 2.40. The summed E-state index contributed by atoms with van der Waals surface area (Å²) >= 11 is 0. The third-order valence-electron chi connectivity index (χ3n) is 2.63. The zero-order valence-corrected chi connectivity index (χ0v) is 14.1. The Morgan fingerprint density at radius 3 is 1.55 bits per heavy atom. The number of nitrogens with two attached hydrogens (primary N) is 1. The summed E-state index contributed by atoms with van der Waals surface area (Å²) < 4.78 is 28.5. The van der Waals surface area contributed by atoms with E-state index < -0.39 is 21.3 Å². The van der Waals surface area contributed by atoms with Gasteiger partial charge in [0.1, 0.15) is 0 Å². The van der Waals surface area contributed by atoms with Crippen LogP contribution in [0.4, 0.5) is 0 Å². The molecule has 0 aliphatic carbocycles. The van der Waals surface area contributed by atoms with Crippen molar-refractivity contribution in [2.45, 2.75) is 46.3 Å². The van der Waals surface area contributed by atoms with E-state index >= 15 is 0 Å². The Balaban J connectivity index is -0.000000223. The van der Waals surface area contributed by atoms with Crippen molar-refractivity contribution in [1.82, 2.24) is 4.90 Å². The molecule has 7 heteroatoms. The molecule has 0 fully saturated rings. The maximum absolute atomic E-state index is 10.1. The van der Waals surface area contributed by atoms with E-state index in [2.05, 4.69) is 38.0 Å². The lowest BCUT2D eigenvalue weighted by atomic mass is 10.4. The van der Waals surface area contributed by atoms with E-state index in [1.807, 2.05) is 0 Å². The highest BCUT2D eigenvalue weighted by molar-refractivity contribution is 7.86. The largest absolute Gasteiger partial charge is 0.366 e. The highest BCUT2D eigenvalue weighted by Crippen LogP contribution is 1.99. The summed E-state index contributed by atoms with van der Waals surface area (Å²) in [6.45, 7) is 16.4. The van der Waals surface area contributed by atoms with Gasteiger partial charge in [0.05, 0.1) is 5.25 Å². The van der Waals surface area contributed by atoms with E-state index in [0.717, 1.165) is 6.08 Å². The van der Waals surface area contributed by atoms with Crippen molar-refractivity contribution >= 4 is 16.0 Å². The first-order chi connectivity index (χ1) is 9.10. The summed E-state index contributed by atoms with van der Waals surface area (Å²) in [5, 5.41) is -0.623. The molecule has 0 radical (unpaired) electrons. The molecular formula is C13H30N2O4S. The quantitative estimate of drug-likeness (QED) is 0.574. The summed E-state index contributed by atoms with van der Waals surface area (Å²) in [7, 11) is -3.75. The number of amides is 1. The Hall–Kier alpha value is -0.920. The fourth-order valence-electron chi connectivity index (χ4n) is 0.881. The molecule has 0 spiro atoms. The van der Waals surface area contributed by atoms with Crippen LogP contribution in [0.1, 0.15) is 41.0 Å². The first-order valence-electron chi connectivity index (χ1n) is 6.70. The third-order valence-corrected chi connectivity index (χ3v) is 3.98. The van der Waals surface area contributed by atoms with E-state index in [0.29, 0.717) is 6.42 Å². The van der Waals surface area contributed by atoms with E-state index in [1.165, 1.54) is 26.6 Å². The summed E-state index contributed by atoms with van der Waals surface area (Å²) in [4.78, 5) is 11.8. The zero-order valence-electron chi connectivity index (χ0n) is 13.3. The molecule has 1 unspecified atom stereocenters. The molecule has 0 bridgehead atoms. The lowest BCUT2D eigenvalue weighted by Gasteiger charge is -2.13. The first-order valence-corrected chi connectivity index (χ1v) is 8.21. The Kier molecular flexibility index (Phi) is 17.5. The first kappa shape index (κ1) is 24.1. The van der Waals surface area contributed by atoms with Crippen molar-refractivity contribution in [3.05, 3.63) is 12.7 Å². The van der Waals surface area contributed by atoms with Gasteiger partial charge in [-0.2, -0.15) is 8.42 Å². The monoisotopic (exact) mass is 310 g/mol. The minimum atomic E-state index is -3.75. The summed E-state index contributed by atoms with van der Waals surface area (Å²) in [6.07, 6.45) is 1.51. The van der Waals surface area contributed by atoms with Crippen LogP contribution >= 0.6 is 0 Å². The number of primary amides is 1. The maximum atomic E-state index is 10.1. The molecule has 0 saturated heterocycles. The molecular weight excluding hydrogens is 280 g/mol. The van der Waals surface area contributed by atoms with E-state index in [1.54, 1.807) is 6.92 Å². The van der Waals surface area contributed by atoms with Gasteiger partial charge in [-0.3, -0.25) is 9.35 Å². The van der Waals surface area contributed by atoms with Crippen molar-refractivity contribution in [3.63, 3.8) is 0 Å². The summed E-state index contributed by atoms with van der Waals surface area (Å²) in [5.41, 5.74) is 4.53. The van der Waals surface area contributed by atoms with Crippen molar-refractivity contribution in [2.24, 2.45) is 5.73 Å². The molecule has 3 N–H and O–H groups in total. The SMILES string of the molecule is C=CC(N)=O.CCC(C)S(=O)(=O)O.CCN(CC)CC. The van der Waals surface area contributed by atoms with E-state index in [4.69, 9.17) is 4.55 Å². The van der Waals surface area contributed by atoms with Gasteiger partial charge in [0.15, 0.2) is 0 Å². The molecule has 1 atom stereocenters. The van der Waals surface area contributed by atoms with Crippen molar-refractivity contribution < 1.29 is 17.8 Å². The smallest absolute Gasteiger partial charge is 0.267 e. The average molecular weight is 310 g/mol. The minimum absolute atomic E-state index is 0.457. The molecule has 0 aromatic rings. The second-order valence-electron chi connectivity index (χ2n) is 3.96. The Labute approximate surface area is 123 Å². The fraction of sp³-hybridized carbons (Fsp3) is 0.769. The molecule has 1 amide bonds. The van der Waals surface area contributed by atoms with Gasteiger partial charge >= 0.3 is 0 Å². The number of carbonyl (C=O) groups excluding carboxylic acids is 1. The molecule has 0 aromatic heterocycles. The highest BCUT2D eigenvalue weighted by atomic mass is 32.2. The van der Waals surface area contributed by atoms with Crippen molar-refractivity contribution in [3.8, 4) is 0 Å². The number of nitrogens with zero attached hydrogens (tertiary/aromatic N) is 1. The molecule has 20 heavy (non-hydrogen) atoms. The molecule has 122 valence electrons. The van der Waals surface area contributed by atoms with Crippen LogP contribution in [0, 0.1) is 0 Å². The summed E-state index contributed by atoms with van der Waals surface area (Å²) in [5.74, 6) is -0.481. The van der Waals surface area contributed by atoms with Crippen LogP contribution < -0.4 is 5.73 Å². The molecule has 0 aromatic carbocycles. The van der Waals surface area contributed by atoms with Gasteiger partial charge in [-0.25, -0.2) is 0 Å². The molecule has 0 rings (SSSR count). The number of hydrogen-bond donors (Lipinski definition) is 2. The number of hydrogen-bond acceptors (Lipinski definition) is 4. The Morgan fingerprint density at radius 1 is 1.25 bits per heavy atom. The molecule has 0 heterocycles. The minimum Gasteiger partial charge on any atom is -0.366 e. The zero-order chi connectivity index (χ0) is 16.8. The van der Waals surface area contributed by atoms with Gasteiger partial charge in [-0.15, -0.1) is 0 Å². The van der Waals surface area contributed by atoms with Gasteiger partial charge < -0.3 is 10.6 Å². The lowest BCUT2D eigenvalue weighted by Crippen LogP contribution is -2.21. The normalized spacial score (nSPS) is 11.6. The van der Waals surface area contributed by atoms with Gasteiger partial charge in [0.25, 0.3) is 10.1 Å². The van der Waals surface area contributed by atoms with Gasteiger partial charge in [-0.05, 0) is 39.1 Å². The van der Waals surface area contributed by atoms with Crippen LogP contribution in [0.2, 0.25) is 0 Å². The van der Waals surface area contributed by atoms with E-state index in [-0.39, 0.29) is 0 Å². The standard InChI is InChI=1S/C6H15N.C4H10O3S.C3H5NO/c1-4-7(5-2)6-3;1-3-4(2)8(5,6)7;1-2-3(4)5/h4-6H2,1-3H3;4H,3H2,1-2H3,(H,5,6,7);2H,1H2,(H2,4,5). The second-order valence-corrected chi connectivity index (χ2v) is 5.79. The van der Waals surface area contributed by atoms with Crippen LogP contribution in [0.5, 0.6) is 0 Å². The van der Waals surface area contributed by atoms with Crippen LogP contribution in [-0.4, -0.2) is 48.7 Å². The van der Waals surface area contributed by atoms with Crippen LogP contribution in [0.15, 0.2) is 12.7 Å². The van der Waals surface area contributed by atoms with Gasteiger partial charge in [0.2, 0.25) is 5.91 Å². The number of carbonyl (C=O) groups is 1. The molecule has 0 aliphatic heterocycles. The molecule has 6 nitrogen and oxygen atoms in total. The van der Waals surface area contributed by atoms with Crippen LogP contribution in [0.3, 0.4) is 0 Å². The Bertz CT molecular complexity index is 333. The van der Waals surface area contributed by atoms with Crippen molar-refractivity contribution in [1.29, 1.82) is 0 Å². The summed E-state index contributed by atoms with van der Waals surface area (Å²) in [6, 6.07) is 0. The Morgan fingerprint density at radius 2 is 1.55 bits per heavy atom. The molecule has 0 saturated carbocycles. The molecule has 0 aliphatic rings. The highest BCUT2D eigenvalue weighted by Gasteiger charge is 2.13. The fourth-order valence-corrected chi connectivity index (χ4v) is 1.30. The maximum Gasteiger partial charge on any atom is 0.267 e. The van der Waals surface area contributed by atoms with Gasteiger partial charge in [-0.1, -0.05) is 34.3 Å². The number of rotatable bonds is 6. The van der Waals surface area contributed by atoms with E-state index in [9.17, 15) is 13.2 Å². The topological polar surface area (TPSA) is 101 Å². The van der Waals surface area contributed by atoms with Crippen LogP contribution in [-0.2, 0) is 14.9 Å². The van der Waals surface area contributed by atoms with Crippen LogP contribution in [0.25, 0.3) is 0 Å². The predicted molar refractivity (Wildman–Crippen MR) is 84.2 cm³/mol. The lowest BCUT2D eigenvalue weighted by molar-refractivity contribution is -0.113. The van der Waals surface area contributed by atoms with Crippen molar-refractivity contribution in [2.75, 3.05) is 19.6 Å². The third kappa shape index (κ3) is 19.4. The van der Waals surface area contributed by atoms with Gasteiger partial charge in [0, 0.05) is 0 Å². The second kappa shape index (κ2) is 14.5. The predicted octanol–water partition coefficient (Wildman–Crippen LogP) is 1.68.